The molecule has 3 rings (SSSR count). The number of methoxy groups -OCH3 is 1. The highest BCUT2D eigenvalue weighted by molar-refractivity contribution is 7.99. The maximum absolute atomic E-state index is 13.4. The van der Waals surface area contributed by atoms with Crippen molar-refractivity contribution in [3.63, 3.8) is 0 Å². The zero-order chi connectivity index (χ0) is 20.6. The molecule has 1 unspecified atom stereocenters. The third-order valence-electron chi connectivity index (χ3n) is 4.44. The maximum atomic E-state index is 13.4. The van der Waals surface area contributed by atoms with Gasteiger partial charge >= 0.3 is 5.97 Å². The van der Waals surface area contributed by atoms with Crippen LogP contribution >= 0.6 is 11.8 Å². The molecule has 0 spiro atoms. The number of fused-ring (bicyclic) bond motifs is 1. The Labute approximate surface area is 172 Å². The van der Waals surface area contributed by atoms with Gasteiger partial charge in [0.25, 0.3) is 0 Å². The molecule has 0 aliphatic heterocycles. The number of aromatic nitrogens is 2. The Morgan fingerprint density at radius 1 is 1.21 bits per heavy atom. The molecular weight excluding hydrogens is 393 g/mol. The van der Waals surface area contributed by atoms with Crippen molar-refractivity contribution in [1.29, 1.82) is 0 Å². The summed E-state index contributed by atoms with van der Waals surface area (Å²) in [5.41, 5.74) is 2.64. The van der Waals surface area contributed by atoms with Gasteiger partial charge in [-0.1, -0.05) is 24.3 Å². The fourth-order valence-electron chi connectivity index (χ4n) is 2.93. The fraction of sp³-hybridized carbons (Fsp3) is 0.286. The maximum Gasteiger partial charge on any atom is 0.315 e. The number of para-hydroxylation sites is 2. The largest absolute Gasteiger partial charge is 0.468 e. The summed E-state index contributed by atoms with van der Waals surface area (Å²) in [7, 11) is 1.34. The van der Waals surface area contributed by atoms with Crippen molar-refractivity contribution in [2.24, 2.45) is 0 Å². The number of rotatable bonds is 9. The second-order valence-electron chi connectivity index (χ2n) is 6.44. The van der Waals surface area contributed by atoms with Crippen LogP contribution in [0.2, 0.25) is 0 Å². The Morgan fingerprint density at radius 3 is 2.72 bits per heavy atom. The van der Waals surface area contributed by atoms with Gasteiger partial charge in [0, 0.05) is 18.7 Å². The van der Waals surface area contributed by atoms with E-state index < -0.39 is 0 Å². The molecule has 2 aromatic carbocycles. The summed E-state index contributed by atoms with van der Waals surface area (Å²) in [5.74, 6) is -0.0594. The lowest BCUT2D eigenvalue weighted by atomic mass is 10.1. The molecule has 1 amide bonds. The van der Waals surface area contributed by atoms with Crippen LogP contribution < -0.4 is 5.32 Å². The average Bonchev–Trinajstić information content (AvgIpc) is 3.14. The summed E-state index contributed by atoms with van der Waals surface area (Å²) in [6.07, 6.45) is 2.00. The summed E-state index contributed by atoms with van der Waals surface area (Å²) in [4.78, 5) is 28.0. The van der Waals surface area contributed by atoms with Crippen molar-refractivity contribution >= 4 is 34.7 Å². The molecule has 0 aliphatic carbocycles. The van der Waals surface area contributed by atoms with Crippen LogP contribution in [0.3, 0.4) is 0 Å². The van der Waals surface area contributed by atoms with Gasteiger partial charge in [-0.2, -0.15) is 0 Å². The van der Waals surface area contributed by atoms with E-state index in [0.29, 0.717) is 12.3 Å². The Balaban J connectivity index is 1.69. The molecule has 0 bridgehead atoms. The minimum Gasteiger partial charge on any atom is -0.468 e. The lowest BCUT2D eigenvalue weighted by molar-refractivity contribution is -0.137. The van der Waals surface area contributed by atoms with Crippen LogP contribution in [0.15, 0.2) is 54.9 Å². The highest BCUT2D eigenvalue weighted by Crippen LogP contribution is 2.20. The van der Waals surface area contributed by atoms with Crippen molar-refractivity contribution in [1.82, 2.24) is 14.9 Å². The molecule has 8 heteroatoms. The Hall–Kier alpha value is -2.87. The SMILES string of the molecule is COC(=O)CSCCC(=O)NC(Cn1cnc2ccccc21)c1ccc(F)cc1. The normalized spacial score (nSPS) is 11.9. The lowest BCUT2D eigenvalue weighted by Crippen LogP contribution is -2.31. The van der Waals surface area contributed by atoms with Crippen LogP contribution in [-0.2, 0) is 20.9 Å². The van der Waals surface area contributed by atoms with Gasteiger partial charge in [0.1, 0.15) is 5.82 Å². The number of hydrogen-bond donors (Lipinski definition) is 1. The molecule has 3 aromatic rings. The zero-order valence-corrected chi connectivity index (χ0v) is 16.8. The molecule has 152 valence electrons. The number of carbonyl (C=O) groups excluding carboxylic acids is 2. The van der Waals surface area contributed by atoms with E-state index in [0.717, 1.165) is 16.6 Å². The van der Waals surface area contributed by atoms with Gasteiger partial charge < -0.3 is 14.6 Å². The fourth-order valence-corrected chi connectivity index (χ4v) is 3.69. The second kappa shape index (κ2) is 10.1. The van der Waals surface area contributed by atoms with Crippen LogP contribution in [0.1, 0.15) is 18.0 Å². The number of imidazole rings is 1. The van der Waals surface area contributed by atoms with Gasteiger partial charge in [0.05, 0.1) is 36.3 Å². The van der Waals surface area contributed by atoms with Crippen molar-refractivity contribution in [2.45, 2.75) is 19.0 Å². The molecule has 1 aromatic heterocycles. The van der Waals surface area contributed by atoms with E-state index in [1.54, 1.807) is 18.5 Å². The third-order valence-corrected chi connectivity index (χ3v) is 5.37. The van der Waals surface area contributed by atoms with Gasteiger partial charge in [0.2, 0.25) is 5.91 Å². The monoisotopic (exact) mass is 415 g/mol. The summed E-state index contributed by atoms with van der Waals surface area (Å²) in [6, 6.07) is 13.5. The van der Waals surface area contributed by atoms with E-state index in [1.807, 2.05) is 28.8 Å². The standard InChI is InChI=1S/C21H22FN3O3S/c1-28-21(27)13-29-11-10-20(26)24-18(15-6-8-16(22)9-7-15)12-25-14-23-17-4-2-3-5-19(17)25/h2-9,14,18H,10-13H2,1H3,(H,24,26). The highest BCUT2D eigenvalue weighted by atomic mass is 32.2. The molecule has 29 heavy (non-hydrogen) atoms. The Morgan fingerprint density at radius 2 is 1.97 bits per heavy atom. The number of nitrogens with one attached hydrogen (secondary N) is 1. The third kappa shape index (κ3) is 5.80. The van der Waals surface area contributed by atoms with Crippen LogP contribution in [0, 0.1) is 5.82 Å². The molecule has 0 radical (unpaired) electrons. The van der Waals surface area contributed by atoms with E-state index in [2.05, 4.69) is 15.0 Å². The first-order chi connectivity index (χ1) is 14.1. The molecule has 0 fully saturated rings. The number of amides is 1. The number of nitrogens with zero attached hydrogens (tertiary/aromatic N) is 2. The van der Waals surface area contributed by atoms with Gasteiger partial charge in [-0.15, -0.1) is 11.8 Å². The Bertz CT molecular complexity index is 975. The van der Waals surface area contributed by atoms with Crippen molar-refractivity contribution in [2.75, 3.05) is 18.6 Å². The predicted molar refractivity (Wildman–Crippen MR) is 111 cm³/mol. The number of hydrogen-bond acceptors (Lipinski definition) is 5. The molecule has 0 saturated heterocycles. The van der Waals surface area contributed by atoms with Crippen LogP contribution in [0.25, 0.3) is 11.0 Å². The first-order valence-electron chi connectivity index (χ1n) is 9.16. The lowest BCUT2D eigenvalue weighted by Gasteiger charge is -2.20. The van der Waals surface area contributed by atoms with Crippen LogP contribution in [-0.4, -0.2) is 40.0 Å². The van der Waals surface area contributed by atoms with E-state index in [4.69, 9.17) is 0 Å². The molecule has 0 aliphatic rings. The van der Waals surface area contributed by atoms with E-state index in [1.165, 1.54) is 31.0 Å². The zero-order valence-electron chi connectivity index (χ0n) is 16.0. The number of thioether (sulfide) groups is 1. The molecule has 1 atom stereocenters. The van der Waals surface area contributed by atoms with Crippen molar-refractivity contribution < 1.29 is 18.7 Å². The molecule has 0 saturated carbocycles. The minimum absolute atomic E-state index is 0.138. The topological polar surface area (TPSA) is 73.2 Å². The summed E-state index contributed by atoms with van der Waals surface area (Å²) >= 11 is 1.35. The first kappa shape index (κ1) is 20.9. The van der Waals surface area contributed by atoms with Crippen LogP contribution in [0.5, 0.6) is 0 Å². The summed E-state index contributed by atoms with van der Waals surface area (Å²) in [5, 5.41) is 3.02. The van der Waals surface area contributed by atoms with E-state index >= 15 is 0 Å². The quantitative estimate of drug-likeness (QED) is 0.429. The first-order valence-corrected chi connectivity index (χ1v) is 10.3. The minimum atomic E-state index is -0.341. The van der Waals surface area contributed by atoms with Crippen molar-refractivity contribution in [3.05, 3.63) is 66.2 Å². The molecule has 1 N–H and O–H groups in total. The highest BCUT2D eigenvalue weighted by Gasteiger charge is 2.17. The number of ether oxygens (including phenoxy) is 1. The van der Waals surface area contributed by atoms with Crippen molar-refractivity contribution in [3.8, 4) is 0 Å². The summed E-state index contributed by atoms with van der Waals surface area (Å²) in [6.45, 7) is 0.465. The smallest absolute Gasteiger partial charge is 0.315 e. The molecule has 6 nitrogen and oxygen atoms in total. The molecule has 1 heterocycles. The number of esters is 1. The summed E-state index contributed by atoms with van der Waals surface area (Å²) < 4.78 is 19.9. The van der Waals surface area contributed by atoms with Gasteiger partial charge in [-0.05, 0) is 29.8 Å². The number of benzene rings is 2. The van der Waals surface area contributed by atoms with Gasteiger partial charge in [-0.25, -0.2) is 9.37 Å². The second-order valence-corrected chi connectivity index (χ2v) is 7.54. The van der Waals surface area contributed by atoms with Crippen LogP contribution in [0.4, 0.5) is 4.39 Å². The molecular formula is C21H22FN3O3S. The van der Waals surface area contributed by atoms with Gasteiger partial charge in [-0.3, -0.25) is 9.59 Å². The Kier molecular flexibility index (Phi) is 7.24. The van der Waals surface area contributed by atoms with E-state index in [-0.39, 0.29) is 35.9 Å². The predicted octanol–water partition coefficient (Wildman–Crippen LogP) is 3.33. The average molecular weight is 415 g/mol. The number of halogens is 1. The van der Waals surface area contributed by atoms with Gasteiger partial charge in [0.15, 0.2) is 0 Å². The number of carbonyl (C=O) groups is 2. The van der Waals surface area contributed by atoms with E-state index in [9.17, 15) is 14.0 Å².